The highest BCUT2D eigenvalue weighted by Crippen LogP contribution is 2.21. The largest absolute Gasteiger partial charge is 0.461 e. The summed E-state index contributed by atoms with van der Waals surface area (Å²) in [7, 11) is -3.67. The van der Waals surface area contributed by atoms with Gasteiger partial charge in [0.1, 0.15) is 0 Å². The van der Waals surface area contributed by atoms with Gasteiger partial charge in [0.2, 0.25) is 15.8 Å². The zero-order valence-corrected chi connectivity index (χ0v) is 14.6. The van der Waals surface area contributed by atoms with E-state index in [1.165, 1.54) is 29.7 Å². The lowest BCUT2D eigenvalue weighted by Crippen LogP contribution is -2.22. The molecule has 0 aliphatic heterocycles. The van der Waals surface area contributed by atoms with Crippen molar-refractivity contribution in [3.8, 4) is 0 Å². The summed E-state index contributed by atoms with van der Waals surface area (Å²) in [6.45, 7) is 0.0882. The monoisotopic (exact) mass is 381 g/mol. The SMILES string of the molecule is O=C(c1ccco1)c1ccc(CNS(=O)(=O)c2cccc(Cl)c2)s1. The summed E-state index contributed by atoms with van der Waals surface area (Å²) in [5, 5.41) is 0.348. The molecule has 0 atom stereocenters. The Bertz CT molecular complexity index is 962. The summed E-state index contributed by atoms with van der Waals surface area (Å²) in [5.74, 6) is 0.0249. The quantitative estimate of drug-likeness (QED) is 0.660. The van der Waals surface area contributed by atoms with Crippen molar-refractivity contribution in [3.63, 3.8) is 0 Å². The molecule has 3 aromatic rings. The first kappa shape index (κ1) is 16.9. The summed E-state index contributed by atoms with van der Waals surface area (Å²) in [4.78, 5) is 13.4. The first-order valence-electron chi connectivity index (χ1n) is 6.88. The molecule has 2 heterocycles. The Morgan fingerprint density at radius 3 is 2.71 bits per heavy atom. The first-order chi connectivity index (χ1) is 11.5. The number of ketones is 1. The third-order valence-corrected chi connectivity index (χ3v) is 5.89. The predicted octanol–water partition coefficient (Wildman–Crippen LogP) is 3.70. The molecule has 5 nitrogen and oxygen atoms in total. The van der Waals surface area contributed by atoms with Crippen LogP contribution in [0.5, 0.6) is 0 Å². The molecule has 3 rings (SSSR count). The van der Waals surface area contributed by atoms with Crippen molar-refractivity contribution in [2.24, 2.45) is 0 Å². The number of nitrogens with one attached hydrogen (secondary N) is 1. The van der Waals surface area contributed by atoms with Gasteiger partial charge in [0.15, 0.2) is 5.76 Å². The molecule has 0 bridgehead atoms. The number of hydrogen-bond acceptors (Lipinski definition) is 5. The van der Waals surface area contributed by atoms with Crippen molar-refractivity contribution in [2.45, 2.75) is 11.4 Å². The van der Waals surface area contributed by atoms with E-state index in [9.17, 15) is 13.2 Å². The minimum atomic E-state index is -3.67. The van der Waals surface area contributed by atoms with E-state index < -0.39 is 10.0 Å². The van der Waals surface area contributed by atoms with Gasteiger partial charge in [-0.2, -0.15) is 0 Å². The lowest BCUT2D eigenvalue weighted by molar-refractivity contribution is 0.101. The van der Waals surface area contributed by atoms with Crippen molar-refractivity contribution >= 4 is 38.7 Å². The zero-order chi connectivity index (χ0) is 17.2. The zero-order valence-electron chi connectivity index (χ0n) is 12.2. The molecular weight excluding hydrogens is 370 g/mol. The molecule has 0 radical (unpaired) electrons. The molecule has 0 fully saturated rings. The molecule has 8 heteroatoms. The minimum Gasteiger partial charge on any atom is -0.461 e. The lowest BCUT2D eigenvalue weighted by Gasteiger charge is -2.05. The predicted molar refractivity (Wildman–Crippen MR) is 91.9 cm³/mol. The normalized spacial score (nSPS) is 11.5. The maximum absolute atomic E-state index is 12.2. The average molecular weight is 382 g/mol. The second kappa shape index (κ2) is 6.90. The molecule has 124 valence electrons. The van der Waals surface area contributed by atoms with Crippen LogP contribution < -0.4 is 4.72 Å². The van der Waals surface area contributed by atoms with E-state index in [1.807, 2.05) is 0 Å². The summed E-state index contributed by atoms with van der Waals surface area (Å²) >= 11 is 7.03. The van der Waals surface area contributed by atoms with E-state index in [4.69, 9.17) is 16.0 Å². The fourth-order valence-corrected chi connectivity index (χ4v) is 4.30. The van der Waals surface area contributed by atoms with E-state index in [1.54, 1.807) is 36.4 Å². The second-order valence-corrected chi connectivity index (χ2v) is 8.23. The second-order valence-electron chi connectivity index (χ2n) is 4.85. The highest BCUT2D eigenvalue weighted by molar-refractivity contribution is 7.89. The van der Waals surface area contributed by atoms with E-state index in [2.05, 4.69) is 4.72 Å². The van der Waals surface area contributed by atoms with Crippen molar-refractivity contribution in [1.82, 2.24) is 4.72 Å². The van der Waals surface area contributed by atoms with Gasteiger partial charge in [-0.25, -0.2) is 13.1 Å². The van der Waals surface area contributed by atoms with E-state index >= 15 is 0 Å². The van der Waals surface area contributed by atoms with Crippen molar-refractivity contribution < 1.29 is 17.6 Å². The number of hydrogen-bond donors (Lipinski definition) is 1. The number of halogens is 1. The van der Waals surface area contributed by atoms with Crippen molar-refractivity contribution in [1.29, 1.82) is 0 Å². The van der Waals surface area contributed by atoms with Crippen LogP contribution in [0.4, 0.5) is 0 Å². The summed E-state index contributed by atoms with van der Waals surface area (Å²) < 4.78 is 32.0. The number of benzene rings is 1. The third kappa shape index (κ3) is 3.76. The van der Waals surface area contributed by atoms with E-state index in [-0.39, 0.29) is 23.0 Å². The van der Waals surface area contributed by atoms with Gasteiger partial charge < -0.3 is 4.42 Å². The van der Waals surface area contributed by atoms with E-state index in [0.717, 1.165) is 4.88 Å². The molecule has 0 unspecified atom stereocenters. The van der Waals surface area contributed by atoms with Gasteiger partial charge in [-0.1, -0.05) is 17.7 Å². The van der Waals surface area contributed by atoms with Gasteiger partial charge in [0.05, 0.1) is 16.0 Å². The smallest absolute Gasteiger partial charge is 0.240 e. The van der Waals surface area contributed by atoms with Gasteiger partial charge in [0, 0.05) is 16.4 Å². The third-order valence-electron chi connectivity index (χ3n) is 3.17. The van der Waals surface area contributed by atoms with Crippen molar-refractivity contribution in [3.05, 3.63) is 75.3 Å². The Hall–Kier alpha value is -1.93. The molecule has 0 saturated heterocycles. The van der Waals surface area contributed by atoms with Crippen LogP contribution in [-0.2, 0) is 16.6 Å². The summed E-state index contributed by atoms with van der Waals surface area (Å²) in [5.41, 5.74) is 0. The molecule has 2 aromatic heterocycles. The number of furan rings is 1. The number of carbonyl (C=O) groups excluding carboxylic acids is 1. The van der Waals surface area contributed by atoms with E-state index in [0.29, 0.717) is 9.90 Å². The van der Waals surface area contributed by atoms with Crippen molar-refractivity contribution in [2.75, 3.05) is 0 Å². The Morgan fingerprint density at radius 1 is 1.17 bits per heavy atom. The van der Waals surface area contributed by atoms with Crippen LogP contribution in [0.15, 0.2) is 64.1 Å². The van der Waals surface area contributed by atoms with Gasteiger partial charge >= 0.3 is 0 Å². The molecular formula is C16H12ClNO4S2. The van der Waals surface area contributed by atoms with Crippen LogP contribution in [0.3, 0.4) is 0 Å². The number of thiophene rings is 1. The standard InChI is InChI=1S/C16H12ClNO4S2/c17-11-3-1-4-13(9-11)24(20,21)18-10-12-6-7-15(23-12)16(19)14-5-2-8-22-14/h1-9,18H,10H2. The highest BCUT2D eigenvalue weighted by Gasteiger charge is 2.17. The summed E-state index contributed by atoms with van der Waals surface area (Å²) in [6.07, 6.45) is 1.43. The molecule has 1 aromatic carbocycles. The average Bonchev–Trinajstić information content (AvgIpc) is 3.24. The van der Waals surface area contributed by atoms with Crippen LogP contribution in [0.25, 0.3) is 0 Å². The van der Waals surface area contributed by atoms with Crippen LogP contribution in [0.1, 0.15) is 20.3 Å². The molecule has 1 N–H and O–H groups in total. The van der Waals surface area contributed by atoms with Crippen LogP contribution in [-0.4, -0.2) is 14.2 Å². The maximum Gasteiger partial charge on any atom is 0.240 e. The Balaban J connectivity index is 1.70. The molecule has 0 spiro atoms. The van der Waals surface area contributed by atoms with Crippen LogP contribution >= 0.6 is 22.9 Å². The molecule has 0 aliphatic carbocycles. The molecule has 0 amide bonds. The lowest BCUT2D eigenvalue weighted by atomic mass is 10.2. The topological polar surface area (TPSA) is 76.4 Å². The fourth-order valence-electron chi connectivity index (χ4n) is 2.01. The fraction of sp³-hybridized carbons (Fsp3) is 0.0625. The van der Waals surface area contributed by atoms with Gasteiger partial charge in [0.25, 0.3) is 0 Å². The molecule has 0 saturated carbocycles. The minimum absolute atomic E-state index is 0.0882. The maximum atomic E-state index is 12.2. The van der Waals surface area contributed by atoms with Crippen LogP contribution in [0, 0.1) is 0 Å². The Kier molecular flexibility index (Phi) is 4.86. The van der Waals surface area contributed by atoms with Gasteiger partial charge in [-0.05, 0) is 42.5 Å². The first-order valence-corrected chi connectivity index (χ1v) is 9.55. The Morgan fingerprint density at radius 2 is 2.00 bits per heavy atom. The van der Waals surface area contributed by atoms with Gasteiger partial charge in [-0.15, -0.1) is 11.3 Å². The van der Waals surface area contributed by atoms with Crippen LogP contribution in [0.2, 0.25) is 5.02 Å². The molecule has 0 aliphatic rings. The highest BCUT2D eigenvalue weighted by atomic mass is 35.5. The number of sulfonamides is 1. The Labute approximate surface area is 147 Å². The summed E-state index contributed by atoms with van der Waals surface area (Å²) in [6, 6.07) is 12.6. The van der Waals surface area contributed by atoms with Gasteiger partial charge in [-0.3, -0.25) is 4.79 Å². The molecule has 24 heavy (non-hydrogen) atoms. The number of carbonyl (C=O) groups is 1. The number of rotatable bonds is 6.